The van der Waals surface area contributed by atoms with Gasteiger partial charge in [-0.3, -0.25) is 4.79 Å². The molecule has 0 radical (unpaired) electrons. The molecule has 0 atom stereocenters. The smallest absolute Gasteiger partial charge is 0.303 e. The summed E-state index contributed by atoms with van der Waals surface area (Å²) in [6, 6.07) is 42.3. The van der Waals surface area contributed by atoms with Crippen LogP contribution in [0.25, 0.3) is 54.9 Å². The first-order valence-corrected chi connectivity index (χ1v) is 17.9. The summed E-state index contributed by atoms with van der Waals surface area (Å²) in [6.07, 6.45) is 0. The van der Waals surface area contributed by atoms with Gasteiger partial charge in [-0.25, -0.2) is 0 Å². The third kappa shape index (κ3) is 7.03. The van der Waals surface area contributed by atoms with Crippen molar-refractivity contribution in [3.63, 3.8) is 0 Å². The molecular formula is C47H50O5. The SMILES string of the molecule is COC(C)(C)C(C)(C)Oc1ccc2cc(-c3ccccc3)ccc2c1-c1c(OC(C)(C)C(C)(C)OC(C)=O)ccc2cc(-c3ccccc3)ccc12. The molecule has 0 heterocycles. The van der Waals surface area contributed by atoms with Crippen molar-refractivity contribution in [1.29, 1.82) is 0 Å². The molecule has 6 aromatic rings. The van der Waals surface area contributed by atoms with Crippen LogP contribution in [-0.2, 0) is 14.3 Å². The maximum atomic E-state index is 12.2. The number of benzene rings is 6. The van der Waals surface area contributed by atoms with Gasteiger partial charge in [-0.1, -0.05) is 97.1 Å². The first-order valence-electron chi connectivity index (χ1n) is 17.9. The summed E-state index contributed by atoms with van der Waals surface area (Å²) in [5.74, 6) is 0.992. The number of carbonyl (C=O) groups is 1. The molecular weight excluding hydrogens is 645 g/mol. The summed E-state index contributed by atoms with van der Waals surface area (Å²) in [6.45, 7) is 17.3. The van der Waals surface area contributed by atoms with E-state index in [1.165, 1.54) is 6.92 Å². The second-order valence-corrected chi connectivity index (χ2v) is 15.5. The van der Waals surface area contributed by atoms with Gasteiger partial charge >= 0.3 is 5.97 Å². The Morgan fingerprint density at radius 2 is 0.865 bits per heavy atom. The predicted molar refractivity (Wildman–Crippen MR) is 214 cm³/mol. The lowest BCUT2D eigenvalue weighted by Crippen LogP contribution is -2.52. The number of fused-ring (bicyclic) bond motifs is 2. The van der Waals surface area contributed by atoms with E-state index in [1.807, 2.05) is 59.7 Å². The molecule has 5 nitrogen and oxygen atoms in total. The molecule has 5 heteroatoms. The van der Waals surface area contributed by atoms with E-state index in [-0.39, 0.29) is 5.97 Å². The summed E-state index contributed by atoms with van der Waals surface area (Å²) in [4.78, 5) is 12.2. The topological polar surface area (TPSA) is 54.0 Å². The molecule has 0 saturated carbocycles. The minimum absolute atomic E-state index is 0.365. The zero-order valence-electron chi connectivity index (χ0n) is 32.1. The highest BCUT2D eigenvalue weighted by molar-refractivity contribution is 6.11. The Morgan fingerprint density at radius 1 is 0.462 bits per heavy atom. The van der Waals surface area contributed by atoms with Gasteiger partial charge in [0.25, 0.3) is 0 Å². The molecule has 268 valence electrons. The average Bonchev–Trinajstić information content (AvgIpc) is 3.11. The lowest BCUT2D eigenvalue weighted by atomic mass is 9.86. The molecule has 0 aliphatic carbocycles. The summed E-state index contributed by atoms with van der Waals surface area (Å²) in [7, 11) is 1.71. The number of rotatable bonds is 11. The van der Waals surface area contributed by atoms with Gasteiger partial charge in [0, 0.05) is 25.2 Å². The molecule has 0 unspecified atom stereocenters. The number of ether oxygens (including phenoxy) is 4. The van der Waals surface area contributed by atoms with Crippen LogP contribution in [0.2, 0.25) is 0 Å². The van der Waals surface area contributed by atoms with Crippen molar-refractivity contribution in [1.82, 2.24) is 0 Å². The van der Waals surface area contributed by atoms with Gasteiger partial charge in [-0.15, -0.1) is 0 Å². The summed E-state index contributed by atoms with van der Waals surface area (Å²) < 4.78 is 25.9. The van der Waals surface area contributed by atoms with Crippen LogP contribution < -0.4 is 9.47 Å². The maximum absolute atomic E-state index is 12.2. The fourth-order valence-electron chi connectivity index (χ4n) is 6.45. The Kier molecular flexibility index (Phi) is 9.71. The Labute approximate surface area is 308 Å². The van der Waals surface area contributed by atoms with E-state index in [1.54, 1.807) is 7.11 Å². The molecule has 0 N–H and O–H groups in total. The average molecular weight is 695 g/mol. The summed E-state index contributed by atoms with van der Waals surface area (Å²) >= 11 is 0. The quantitative estimate of drug-likeness (QED) is 0.126. The van der Waals surface area contributed by atoms with Crippen LogP contribution in [-0.4, -0.2) is 35.5 Å². The molecule has 0 aliphatic heterocycles. The van der Waals surface area contributed by atoms with Crippen molar-refractivity contribution < 1.29 is 23.7 Å². The van der Waals surface area contributed by atoms with Crippen molar-refractivity contribution in [2.75, 3.05) is 7.11 Å². The van der Waals surface area contributed by atoms with Gasteiger partial charge in [0.1, 0.15) is 33.9 Å². The van der Waals surface area contributed by atoms with Gasteiger partial charge in [-0.2, -0.15) is 0 Å². The second kappa shape index (κ2) is 13.8. The Morgan fingerprint density at radius 3 is 1.25 bits per heavy atom. The standard InChI is InChI=1S/C47H50O5/c1-31(48)50-46(6,7)47(8,9)52-41-28-24-37-30-35(33-19-15-12-16-20-33)22-26-39(37)43(41)42-38-25-21-34(32-17-13-11-14-18-32)29-36(38)23-27-40(42)51-45(4,5)44(2,3)49-10/h11-30H,1-10H3. The van der Waals surface area contributed by atoms with E-state index >= 15 is 0 Å². The third-order valence-electron chi connectivity index (χ3n) is 11.0. The Bertz CT molecular complexity index is 2230. The summed E-state index contributed by atoms with van der Waals surface area (Å²) in [5, 5.41) is 4.15. The van der Waals surface area contributed by atoms with Crippen LogP contribution in [0, 0.1) is 0 Å². The highest BCUT2D eigenvalue weighted by Gasteiger charge is 2.44. The predicted octanol–water partition coefficient (Wildman–Crippen LogP) is 12.1. The van der Waals surface area contributed by atoms with Crippen molar-refractivity contribution in [2.24, 2.45) is 0 Å². The van der Waals surface area contributed by atoms with Crippen LogP contribution in [0.4, 0.5) is 0 Å². The number of esters is 1. The van der Waals surface area contributed by atoms with Crippen molar-refractivity contribution >= 4 is 27.5 Å². The highest BCUT2D eigenvalue weighted by Crippen LogP contribution is 2.49. The molecule has 0 amide bonds. The van der Waals surface area contributed by atoms with Crippen molar-refractivity contribution in [3.05, 3.63) is 121 Å². The minimum Gasteiger partial charge on any atom is -0.484 e. The first-order chi connectivity index (χ1) is 24.5. The fraction of sp³-hybridized carbons (Fsp3) is 0.298. The lowest BCUT2D eigenvalue weighted by molar-refractivity contribution is -0.173. The Balaban J connectivity index is 1.67. The molecule has 6 rings (SSSR count). The monoisotopic (exact) mass is 694 g/mol. The molecule has 0 aromatic heterocycles. The first kappa shape index (κ1) is 36.7. The number of hydrogen-bond acceptors (Lipinski definition) is 5. The molecule has 52 heavy (non-hydrogen) atoms. The normalized spacial score (nSPS) is 12.6. The van der Waals surface area contributed by atoms with Crippen molar-refractivity contribution in [2.45, 2.75) is 84.7 Å². The maximum Gasteiger partial charge on any atom is 0.303 e. The number of methoxy groups -OCH3 is 1. The summed E-state index contributed by atoms with van der Waals surface area (Å²) in [5.41, 5.74) is 3.12. The van der Waals surface area contributed by atoms with Gasteiger partial charge in [-0.05, 0) is 123 Å². The second-order valence-electron chi connectivity index (χ2n) is 15.5. The number of hydrogen-bond donors (Lipinski definition) is 0. The van der Waals surface area contributed by atoms with Crippen LogP contribution in [0.5, 0.6) is 11.5 Å². The lowest BCUT2D eigenvalue weighted by Gasteiger charge is -2.42. The van der Waals surface area contributed by atoms with Crippen LogP contribution >= 0.6 is 0 Å². The molecule has 0 saturated heterocycles. The van der Waals surface area contributed by atoms with Crippen LogP contribution in [0.3, 0.4) is 0 Å². The van der Waals surface area contributed by atoms with Gasteiger partial charge in [0.15, 0.2) is 0 Å². The van der Waals surface area contributed by atoms with E-state index in [0.29, 0.717) is 11.5 Å². The van der Waals surface area contributed by atoms with Crippen LogP contribution in [0.15, 0.2) is 121 Å². The van der Waals surface area contributed by atoms with E-state index in [9.17, 15) is 4.79 Å². The fourth-order valence-corrected chi connectivity index (χ4v) is 6.45. The molecule has 0 bridgehead atoms. The van der Waals surface area contributed by atoms with E-state index in [0.717, 1.165) is 54.9 Å². The zero-order valence-corrected chi connectivity index (χ0v) is 32.1. The minimum atomic E-state index is -0.949. The largest absolute Gasteiger partial charge is 0.484 e. The molecule has 0 fully saturated rings. The van der Waals surface area contributed by atoms with Gasteiger partial charge in [0.2, 0.25) is 0 Å². The van der Waals surface area contributed by atoms with E-state index in [4.69, 9.17) is 18.9 Å². The van der Waals surface area contributed by atoms with Gasteiger partial charge in [0.05, 0.1) is 0 Å². The van der Waals surface area contributed by atoms with Crippen LogP contribution in [0.1, 0.15) is 62.3 Å². The zero-order chi connectivity index (χ0) is 37.5. The van der Waals surface area contributed by atoms with Gasteiger partial charge < -0.3 is 18.9 Å². The highest BCUT2D eigenvalue weighted by atomic mass is 16.6. The van der Waals surface area contributed by atoms with E-state index < -0.39 is 22.4 Å². The van der Waals surface area contributed by atoms with Crippen molar-refractivity contribution in [3.8, 4) is 44.9 Å². The molecule has 6 aromatic carbocycles. The molecule has 0 spiro atoms. The third-order valence-corrected chi connectivity index (χ3v) is 11.0. The molecule has 0 aliphatic rings. The van der Waals surface area contributed by atoms with E-state index in [2.05, 4.69) is 117 Å². The Hall–Kier alpha value is -5.13. The number of carbonyl (C=O) groups excluding carboxylic acids is 1.